The molecule has 0 saturated carbocycles. The van der Waals surface area contributed by atoms with Crippen LogP contribution in [0.3, 0.4) is 0 Å². The van der Waals surface area contributed by atoms with Gasteiger partial charge in [0, 0.05) is 26.3 Å². The van der Waals surface area contributed by atoms with Crippen LogP contribution in [0.15, 0.2) is 0 Å². The summed E-state index contributed by atoms with van der Waals surface area (Å²) in [6.45, 7) is 8.15. The van der Waals surface area contributed by atoms with Crippen LogP contribution in [0.1, 0.15) is 78.1 Å². The van der Waals surface area contributed by atoms with E-state index in [-0.39, 0.29) is 25.4 Å². The van der Waals surface area contributed by atoms with Crippen LogP contribution in [0, 0.1) is 0 Å². The molecular formula is C20H42N2O4. The number of carbonyl (C=O) groups is 1. The second-order valence-corrected chi connectivity index (χ2v) is 6.83. The van der Waals surface area contributed by atoms with Crippen molar-refractivity contribution in [2.24, 2.45) is 0 Å². The summed E-state index contributed by atoms with van der Waals surface area (Å²) in [5, 5.41) is 20.5. The van der Waals surface area contributed by atoms with Crippen LogP contribution in [0.25, 0.3) is 0 Å². The van der Waals surface area contributed by atoms with Gasteiger partial charge >= 0.3 is 6.09 Å². The minimum atomic E-state index is -0.312. The highest BCUT2D eigenvalue weighted by Crippen LogP contribution is 2.15. The fourth-order valence-electron chi connectivity index (χ4n) is 2.99. The summed E-state index contributed by atoms with van der Waals surface area (Å²) in [7, 11) is 0. The predicted octanol–water partition coefficient (Wildman–Crippen LogP) is 3.31. The normalized spacial score (nSPS) is 11.3. The lowest BCUT2D eigenvalue weighted by Crippen LogP contribution is -2.36. The molecule has 0 fully saturated rings. The maximum absolute atomic E-state index is 12.1. The topological polar surface area (TPSA) is 82.0 Å². The molecule has 0 rings (SSSR count). The molecule has 26 heavy (non-hydrogen) atoms. The van der Waals surface area contributed by atoms with Crippen molar-refractivity contribution in [1.29, 1.82) is 0 Å². The molecule has 0 aliphatic rings. The van der Waals surface area contributed by atoms with Crippen molar-refractivity contribution in [2.75, 3.05) is 39.4 Å². The first kappa shape index (κ1) is 25.1. The molecule has 0 unspecified atom stereocenters. The Balaban J connectivity index is 4.10. The number of likely N-dealkylation sites (N-methyl/N-ethyl adjacent to an activating group) is 1. The van der Waals surface area contributed by atoms with E-state index in [0.29, 0.717) is 6.54 Å². The second-order valence-electron chi connectivity index (χ2n) is 6.83. The first-order chi connectivity index (χ1) is 12.7. The van der Waals surface area contributed by atoms with Crippen LogP contribution in [0.2, 0.25) is 0 Å². The van der Waals surface area contributed by atoms with E-state index in [4.69, 9.17) is 14.9 Å². The van der Waals surface area contributed by atoms with Gasteiger partial charge in [-0.2, -0.15) is 0 Å². The fourth-order valence-corrected chi connectivity index (χ4v) is 2.99. The van der Waals surface area contributed by atoms with Gasteiger partial charge in [0.25, 0.3) is 0 Å². The number of unbranched alkanes of at least 4 members (excludes halogenated alkanes) is 6. The first-order valence-electron chi connectivity index (χ1n) is 10.6. The molecule has 156 valence electrons. The highest BCUT2D eigenvalue weighted by atomic mass is 16.6. The van der Waals surface area contributed by atoms with Crippen molar-refractivity contribution in [2.45, 2.75) is 84.2 Å². The largest absolute Gasteiger partial charge is 0.446 e. The number of alkyl carbamates (subject to hydrolysis) is 1. The Bertz CT molecular complexity index is 298. The summed E-state index contributed by atoms with van der Waals surface area (Å²) in [6.07, 6.45) is 9.33. The Morgan fingerprint density at radius 2 is 1.38 bits per heavy atom. The van der Waals surface area contributed by atoms with Crippen LogP contribution in [-0.4, -0.2) is 66.7 Å². The molecule has 0 aromatic carbocycles. The molecule has 0 aliphatic carbocycles. The Kier molecular flexibility index (Phi) is 18.3. The van der Waals surface area contributed by atoms with Gasteiger partial charge in [-0.25, -0.2) is 4.79 Å². The van der Waals surface area contributed by atoms with E-state index in [1.165, 1.54) is 0 Å². The number of carbonyl (C=O) groups excluding carboxylic acids is 1. The molecule has 0 aliphatic heterocycles. The Hall–Kier alpha value is -0.850. The van der Waals surface area contributed by atoms with Gasteiger partial charge < -0.3 is 25.2 Å². The number of aliphatic hydroxyl groups excluding tert-OH is 2. The number of amides is 1. The third-order valence-corrected chi connectivity index (χ3v) is 4.73. The van der Waals surface area contributed by atoms with Crippen molar-refractivity contribution in [3.05, 3.63) is 0 Å². The van der Waals surface area contributed by atoms with Gasteiger partial charge in [0.05, 0.1) is 0 Å². The van der Waals surface area contributed by atoms with Crippen molar-refractivity contribution in [1.82, 2.24) is 10.2 Å². The maximum Gasteiger partial charge on any atom is 0.407 e. The molecule has 0 atom stereocenters. The van der Waals surface area contributed by atoms with E-state index < -0.39 is 0 Å². The van der Waals surface area contributed by atoms with Gasteiger partial charge in [0.1, 0.15) is 6.10 Å². The molecule has 0 aromatic heterocycles. The number of hydrogen-bond acceptors (Lipinski definition) is 5. The molecule has 0 aromatic rings. The van der Waals surface area contributed by atoms with Gasteiger partial charge in [-0.1, -0.05) is 39.5 Å². The number of nitrogens with one attached hydrogen (secondary N) is 1. The summed E-state index contributed by atoms with van der Waals surface area (Å²) in [4.78, 5) is 14.3. The monoisotopic (exact) mass is 374 g/mol. The van der Waals surface area contributed by atoms with E-state index in [1.54, 1.807) is 0 Å². The summed E-state index contributed by atoms with van der Waals surface area (Å²) in [6, 6.07) is 0. The molecule has 6 heteroatoms. The molecule has 3 N–H and O–H groups in total. The lowest BCUT2D eigenvalue weighted by molar-refractivity contribution is 0.0833. The zero-order valence-corrected chi connectivity index (χ0v) is 17.0. The standard InChI is InChI=1S/C20H42N2O4/c1-3-22(4-2)16-15-21-20(25)26-19(13-9-5-7-11-17-23)14-10-6-8-12-18-24/h19,23-24H,3-18H2,1-2H3,(H,21,25). The summed E-state index contributed by atoms with van der Waals surface area (Å²) >= 11 is 0. The molecule has 0 spiro atoms. The molecule has 0 bridgehead atoms. The predicted molar refractivity (Wildman–Crippen MR) is 106 cm³/mol. The van der Waals surface area contributed by atoms with Gasteiger partial charge in [-0.3, -0.25) is 0 Å². The van der Waals surface area contributed by atoms with Crippen molar-refractivity contribution >= 4 is 6.09 Å². The number of nitrogens with zero attached hydrogens (tertiary/aromatic N) is 1. The van der Waals surface area contributed by atoms with E-state index in [0.717, 1.165) is 83.8 Å². The molecular weight excluding hydrogens is 332 g/mol. The maximum atomic E-state index is 12.1. The Labute approximate surface area is 160 Å². The molecule has 0 radical (unpaired) electrons. The quantitative estimate of drug-likeness (QED) is 0.321. The smallest absolute Gasteiger partial charge is 0.407 e. The first-order valence-corrected chi connectivity index (χ1v) is 10.6. The van der Waals surface area contributed by atoms with Crippen molar-refractivity contribution < 1.29 is 19.7 Å². The third-order valence-electron chi connectivity index (χ3n) is 4.73. The SMILES string of the molecule is CCN(CC)CCNC(=O)OC(CCCCCCO)CCCCCCO. The van der Waals surface area contributed by atoms with Crippen LogP contribution < -0.4 is 5.32 Å². The average molecular weight is 375 g/mol. The van der Waals surface area contributed by atoms with Gasteiger partial charge in [-0.15, -0.1) is 0 Å². The third kappa shape index (κ3) is 15.4. The molecule has 0 saturated heterocycles. The van der Waals surface area contributed by atoms with Gasteiger partial charge in [0.15, 0.2) is 0 Å². The highest BCUT2D eigenvalue weighted by Gasteiger charge is 2.14. The average Bonchev–Trinajstić information content (AvgIpc) is 2.64. The minimum Gasteiger partial charge on any atom is -0.446 e. The summed E-state index contributed by atoms with van der Waals surface area (Å²) in [5.74, 6) is 0. The molecule has 0 heterocycles. The minimum absolute atomic E-state index is 0.0355. The Morgan fingerprint density at radius 3 is 1.85 bits per heavy atom. The van der Waals surface area contributed by atoms with Crippen LogP contribution in [0.5, 0.6) is 0 Å². The fraction of sp³-hybridized carbons (Fsp3) is 0.950. The number of hydrogen-bond donors (Lipinski definition) is 3. The van der Waals surface area contributed by atoms with Crippen molar-refractivity contribution in [3.8, 4) is 0 Å². The molecule has 6 nitrogen and oxygen atoms in total. The van der Waals surface area contributed by atoms with Gasteiger partial charge in [-0.05, 0) is 51.6 Å². The highest BCUT2D eigenvalue weighted by molar-refractivity contribution is 5.67. The summed E-state index contributed by atoms with van der Waals surface area (Å²) in [5.41, 5.74) is 0. The second kappa shape index (κ2) is 18.9. The van der Waals surface area contributed by atoms with Gasteiger partial charge in [0.2, 0.25) is 0 Å². The van der Waals surface area contributed by atoms with Crippen LogP contribution in [0.4, 0.5) is 4.79 Å². The van der Waals surface area contributed by atoms with E-state index >= 15 is 0 Å². The lowest BCUT2D eigenvalue weighted by Gasteiger charge is -2.20. The zero-order chi connectivity index (χ0) is 19.5. The number of rotatable bonds is 18. The lowest BCUT2D eigenvalue weighted by atomic mass is 10.0. The number of aliphatic hydroxyl groups is 2. The number of ether oxygens (including phenoxy) is 1. The molecule has 1 amide bonds. The van der Waals surface area contributed by atoms with E-state index in [2.05, 4.69) is 24.1 Å². The summed E-state index contributed by atoms with van der Waals surface area (Å²) < 4.78 is 5.65. The van der Waals surface area contributed by atoms with Crippen LogP contribution in [-0.2, 0) is 4.74 Å². The van der Waals surface area contributed by atoms with E-state index in [1.807, 2.05) is 0 Å². The van der Waals surface area contributed by atoms with E-state index in [9.17, 15) is 4.79 Å². The zero-order valence-electron chi connectivity index (χ0n) is 17.0. The van der Waals surface area contributed by atoms with Crippen molar-refractivity contribution in [3.63, 3.8) is 0 Å². The Morgan fingerprint density at radius 1 is 0.885 bits per heavy atom. The van der Waals surface area contributed by atoms with Crippen LogP contribution >= 0.6 is 0 Å².